The monoisotopic (exact) mass is 258 g/mol. The summed E-state index contributed by atoms with van der Waals surface area (Å²) < 4.78 is 13.1. The number of aryl methyl sites for hydroxylation is 1. The first-order valence-corrected chi connectivity index (χ1v) is 6.23. The molecule has 7 heteroatoms. The van der Waals surface area contributed by atoms with Crippen molar-refractivity contribution < 1.29 is 14.3 Å². The standard InChI is InChI=1S/C9H10N2O3S2/c1-4-10-11(9(15)16-4)5-2-6(12)8-13-3-7(5)14-8/h5,7-8H,2-3H2,1H3/t5-,7-,8-/m0/s1. The number of Topliss-reactive ketones (excluding diaryl/α,β-unsaturated/α-hetero) is 1. The Kier molecular flexibility index (Phi) is 2.43. The number of ketones is 1. The van der Waals surface area contributed by atoms with Crippen molar-refractivity contribution in [2.45, 2.75) is 31.8 Å². The summed E-state index contributed by atoms with van der Waals surface area (Å²) in [7, 11) is 0. The lowest BCUT2D eigenvalue weighted by Crippen LogP contribution is -2.37. The van der Waals surface area contributed by atoms with Gasteiger partial charge in [0.05, 0.1) is 12.6 Å². The Labute approximate surface area is 101 Å². The van der Waals surface area contributed by atoms with Crippen molar-refractivity contribution in [2.75, 3.05) is 6.61 Å². The third-order valence-electron chi connectivity index (χ3n) is 2.80. The number of aromatic nitrogens is 2. The molecule has 0 saturated carbocycles. The minimum Gasteiger partial charge on any atom is -0.343 e. The summed E-state index contributed by atoms with van der Waals surface area (Å²) in [6.07, 6.45) is -0.363. The van der Waals surface area contributed by atoms with Gasteiger partial charge in [-0.1, -0.05) is 11.3 Å². The number of rotatable bonds is 1. The van der Waals surface area contributed by atoms with E-state index >= 15 is 0 Å². The molecule has 2 aliphatic heterocycles. The van der Waals surface area contributed by atoms with Gasteiger partial charge >= 0.3 is 0 Å². The van der Waals surface area contributed by atoms with Gasteiger partial charge in [-0.25, -0.2) is 4.68 Å². The Balaban J connectivity index is 1.98. The first-order chi connectivity index (χ1) is 7.65. The Hall–Kier alpha value is -0.630. The second-order valence-electron chi connectivity index (χ2n) is 3.91. The van der Waals surface area contributed by atoms with E-state index in [9.17, 15) is 4.79 Å². The molecule has 3 heterocycles. The maximum Gasteiger partial charge on any atom is 0.218 e. The van der Waals surface area contributed by atoms with Crippen LogP contribution in [-0.2, 0) is 14.3 Å². The molecule has 5 nitrogen and oxygen atoms in total. The first kappa shape index (κ1) is 10.5. The summed E-state index contributed by atoms with van der Waals surface area (Å²) in [4.78, 5) is 11.6. The van der Waals surface area contributed by atoms with Gasteiger partial charge in [0.2, 0.25) is 6.29 Å². The van der Waals surface area contributed by atoms with E-state index in [1.54, 1.807) is 4.68 Å². The van der Waals surface area contributed by atoms with Crippen LogP contribution in [0.5, 0.6) is 0 Å². The predicted octanol–water partition coefficient (Wildman–Crippen LogP) is 1.24. The van der Waals surface area contributed by atoms with Gasteiger partial charge in [-0.2, -0.15) is 5.10 Å². The highest BCUT2D eigenvalue weighted by atomic mass is 32.1. The van der Waals surface area contributed by atoms with Crippen LogP contribution >= 0.6 is 23.6 Å². The summed E-state index contributed by atoms with van der Waals surface area (Å²) >= 11 is 6.67. The second kappa shape index (κ2) is 3.69. The van der Waals surface area contributed by atoms with Crippen molar-refractivity contribution in [3.8, 4) is 0 Å². The number of nitrogens with zero attached hydrogens (tertiary/aromatic N) is 2. The fourth-order valence-electron chi connectivity index (χ4n) is 2.06. The average Bonchev–Trinajstić information content (AvgIpc) is 2.78. The molecule has 3 atom stereocenters. The van der Waals surface area contributed by atoms with Gasteiger partial charge in [0.1, 0.15) is 11.1 Å². The van der Waals surface area contributed by atoms with Crippen LogP contribution in [0.1, 0.15) is 17.5 Å². The van der Waals surface area contributed by atoms with E-state index in [1.165, 1.54) is 11.3 Å². The molecular formula is C9H10N2O3S2. The van der Waals surface area contributed by atoms with Gasteiger partial charge in [-0.3, -0.25) is 4.79 Å². The van der Waals surface area contributed by atoms with E-state index in [0.29, 0.717) is 17.0 Å². The SMILES string of the molecule is Cc1nn([C@H]2CC(=O)[C@H]3OC[C@@H]2O3)c(=S)s1. The summed E-state index contributed by atoms with van der Waals surface area (Å²) in [6, 6.07) is -0.108. The fraction of sp³-hybridized carbons (Fsp3) is 0.667. The van der Waals surface area contributed by atoms with Crippen LogP contribution in [-0.4, -0.2) is 34.6 Å². The Morgan fingerprint density at radius 3 is 3.12 bits per heavy atom. The molecule has 0 spiro atoms. The predicted molar refractivity (Wildman–Crippen MR) is 58.9 cm³/mol. The Bertz CT molecular complexity index is 495. The molecule has 2 bridgehead atoms. The molecule has 16 heavy (non-hydrogen) atoms. The molecule has 0 N–H and O–H groups in total. The van der Waals surface area contributed by atoms with Crippen molar-refractivity contribution >= 4 is 29.3 Å². The van der Waals surface area contributed by atoms with E-state index in [0.717, 1.165) is 5.01 Å². The highest BCUT2D eigenvalue weighted by Crippen LogP contribution is 2.33. The minimum atomic E-state index is -0.657. The van der Waals surface area contributed by atoms with Gasteiger partial charge in [-0.15, -0.1) is 0 Å². The first-order valence-electron chi connectivity index (χ1n) is 5.01. The van der Waals surface area contributed by atoms with Crippen LogP contribution in [0.15, 0.2) is 0 Å². The second-order valence-corrected chi connectivity index (χ2v) is 5.74. The summed E-state index contributed by atoms with van der Waals surface area (Å²) in [5, 5.41) is 5.23. The molecule has 2 saturated heterocycles. The number of carbonyl (C=O) groups is 1. The van der Waals surface area contributed by atoms with E-state index in [4.69, 9.17) is 21.7 Å². The highest BCUT2D eigenvalue weighted by molar-refractivity contribution is 7.73. The normalized spacial score (nSPS) is 33.3. The van der Waals surface area contributed by atoms with Gasteiger partial charge < -0.3 is 9.47 Å². The van der Waals surface area contributed by atoms with Gasteiger partial charge in [0, 0.05) is 6.42 Å². The third kappa shape index (κ3) is 1.55. The van der Waals surface area contributed by atoms with Crippen molar-refractivity contribution in [2.24, 2.45) is 0 Å². The van der Waals surface area contributed by atoms with Crippen LogP contribution in [0.2, 0.25) is 0 Å². The number of fused-ring (bicyclic) bond motifs is 2. The summed E-state index contributed by atoms with van der Waals surface area (Å²) in [5.74, 6) is -0.0219. The van der Waals surface area contributed by atoms with Crippen molar-refractivity contribution in [1.82, 2.24) is 9.78 Å². The average molecular weight is 258 g/mol. The lowest BCUT2D eigenvalue weighted by atomic mass is 10.0. The lowest BCUT2D eigenvalue weighted by Gasteiger charge is -2.26. The van der Waals surface area contributed by atoms with E-state index in [1.807, 2.05) is 6.92 Å². The van der Waals surface area contributed by atoms with Crippen LogP contribution in [0, 0.1) is 10.9 Å². The molecule has 0 amide bonds. The molecule has 0 aromatic carbocycles. The van der Waals surface area contributed by atoms with E-state index in [-0.39, 0.29) is 17.9 Å². The number of hydrogen-bond acceptors (Lipinski definition) is 6. The lowest BCUT2D eigenvalue weighted by molar-refractivity contribution is -0.156. The number of ether oxygens (including phenoxy) is 2. The quantitative estimate of drug-likeness (QED) is 0.709. The Morgan fingerprint density at radius 2 is 2.44 bits per heavy atom. The molecule has 86 valence electrons. The van der Waals surface area contributed by atoms with Gasteiger partial charge in [0.15, 0.2) is 9.74 Å². The zero-order chi connectivity index (χ0) is 11.3. The fourth-order valence-corrected chi connectivity index (χ4v) is 3.25. The molecule has 3 rings (SSSR count). The molecule has 1 aromatic heterocycles. The van der Waals surface area contributed by atoms with Crippen LogP contribution in [0.4, 0.5) is 0 Å². The minimum absolute atomic E-state index is 0.0219. The summed E-state index contributed by atoms with van der Waals surface area (Å²) in [5.41, 5.74) is 0. The molecular weight excluding hydrogens is 248 g/mol. The molecule has 1 aromatic rings. The van der Waals surface area contributed by atoms with Crippen LogP contribution in [0.3, 0.4) is 0 Å². The molecule has 0 aliphatic carbocycles. The van der Waals surface area contributed by atoms with Gasteiger partial charge in [0.25, 0.3) is 0 Å². The molecule has 2 fully saturated rings. The maximum atomic E-state index is 11.6. The molecule has 2 aliphatic rings. The zero-order valence-corrected chi connectivity index (χ0v) is 10.2. The van der Waals surface area contributed by atoms with Crippen LogP contribution < -0.4 is 0 Å². The topological polar surface area (TPSA) is 53.4 Å². The van der Waals surface area contributed by atoms with Crippen molar-refractivity contribution in [3.63, 3.8) is 0 Å². The van der Waals surface area contributed by atoms with E-state index in [2.05, 4.69) is 5.10 Å². The van der Waals surface area contributed by atoms with Gasteiger partial charge in [-0.05, 0) is 19.1 Å². The third-order valence-corrected chi connectivity index (χ3v) is 3.97. The van der Waals surface area contributed by atoms with E-state index < -0.39 is 6.29 Å². The van der Waals surface area contributed by atoms with Crippen LogP contribution in [0.25, 0.3) is 0 Å². The summed E-state index contributed by atoms with van der Waals surface area (Å²) in [6.45, 7) is 2.34. The maximum absolute atomic E-state index is 11.6. The number of hydrogen-bond donors (Lipinski definition) is 0. The number of carbonyl (C=O) groups excluding carboxylic acids is 1. The smallest absolute Gasteiger partial charge is 0.218 e. The highest BCUT2D eigenvalue weighted by Gasteiger charge is 2.44. The van der Waals surface area contributed by atoms with Crippen molar-refractivity contribution in [1.29, 1.82) is 0 Å². The zero-order valence-electron chi connectivity index (χ0n) is 8.58. The molecule has 0 unspecified atom stereocenters. The largest absolute Gasteiger partial charge is 0.343 e. The Morgan fingerprint density at radius 1 is 1.62 bits per heavy atom. The van der Waals surface area contributed by atoms with Crippen molar-refractivity contribution in [3.05, 3.63) is 8.96 Å². The molecule has 0 radical (unpaired) electrons.